The van der Waals surface area contributed by atoms with Crippen LogP contribution in [0.4, 0.5) is 0 Å². The van der Waals surface area contributed by atoms with E-state index in [9.17, 15) is 15.3 Å². The maximum atomic E-state index is 10.3. The maximum absolute atomic E-state index is 10.3. The van der Waals surface area contributed by atoms with E-state index in [1.807, 2.05) is 30.3 Å². The van der Waals surface area contributed by atoms with Gasteiger partial charge in [-0.3, -0.25) is 0 Å². The van der Waals surface area contributed by atoms with Gasteiger partial charge in [0, 0.05) is 17.1 Å². The Morgan fingerprint density at radius 3 is 2.54 bits per heavy atom. The van der Waals surface area contributed by atoms with Crippen molar-refractivity contribution >= 4 is 11.0 Å². The van der Waals surface area contributed by atoms with Crippen LogP contribution in [-0.2, 0) is 4.74 Å². The lowest BCUT2D eigenvalue weighted by Crippen LogP contribution is -2.33. The van der Waals surface area contributed by atoms with Gasteiger partial charge in [-0.05, 0) is 30.3 Å². The van der Waals surface area contributed by atoms with E-state index in [4.69, 9.17) is 9.47 Å². The summed E-state index contributed by atoms with van der Waals surface area (Å²) in [4.78, 5) is 8.69. The second-order valence-corrected chi connectivity index (χ2v) is 6.14. The van der Waals surface area contributed by atoms with Crippen molar-refractivity contribution in [2.45, 2.75) is 24.5 Å². The van der Waals surface area contributed by atoms with Crippen molar-refractivity contribution in [1.29, 1.82) is 0 Å². The molecule has 0 bridgehead atoms. The topological polar surface area (TPSA) is 110 Å². The van der Waals surface area contributed by atoms with Gasteiger partial charge in [0.15, 0.2) is 6.23 Å². The largest absolute Gasteiger partial charge is 0.497 e. The molecule has 1 aromatic carbocycles. The van der Waals surface area contributed by atoms with E-state index >= 15 is 0 Å². The van der Waals surface area contributed by atoms with Crippen LogP contribution in [0.15, 0.2) is 42.9 Å². The van der Waals surface area contributed by atoms with Gasteiger partial charge in [0.2, 0.25) is 0 Å². The Morgan fingerprint density at radius 1 is 1.12 bits per heavy atom. The molecule has 0 radical (unpaired) electrons. The Labute approximate surface area is 149 Å². The van der Waals surface area contributed by atoms with Crippen molar-refractivity contribution in [2.24, 2.45) is 0 Å². The van der Waals surface area contributed by atoms with Crippen LogP contribution in [0.1, 0.15) is 6.23 Å². The molecular weight excluding hydrogens is 338 g/mol. The van der Waals surface area contributed by atoms with Crippen LogP contribution in [-0.4, -0.2) is 61.9 Å². The number of fused-ring (bicyclic) bond motifs is 1. The Balaban J connectivity index is 1.76. The van der Waals surface area contributed by atoms with E-state index in [2.05, 4.69) is 9.97 Å². The van der Waals surface area contributed by atoms with Crippen LogP contribution < -0.4 is 4.74 Å². The lowest BCUT2D eigenvalue weighted by atomic mass is 10.1. The van der Waals surface area contributed by atoms with Gasteiger partial charge in [-0.1, -0.05) is 0 Å². The fraction of sp³-hybridized carbons (Fsp3) is 0.333. The number of aliphatic hydroxyl groups is 3. The van der Waals surface area contributed by atoms with Gasteiger partial charge >= 0.3 is 0 Å². The Kier molecular flexibility index (Phi) is 4.33. The molecule has 2 unspecified atom stereocenters. The number of ether oxygens (including phenoxy) is 2. The highest BCUT2D eigenvalue weighted by molar-refractivity contribution is 5.91. The van der Waals surface area contributed by atoms with Crippen LogP contribution in [0, 0.1) is 0 Å². The summed E-state index contributed by atoms with van der Waals surface area (Å²) < 4.78 is 12.4. The zero-order chi connectivity index (χ0) is 18.3. The summed E-state index contributed by atoms with van der Waals surface area (Å²) in [6.07, 6.45) is -0.826. The highest BCUT2D eigenvalue weighted by Gasteiger charge is 2.43. The molecule has 2 aromatic heterocycles. The van der Waals surface area contributed by atoms with Gasteiger partial charge in [-0.25, -0.2) is 9.97 Å². The second-order valence-electron chi connectivity index (χ2n) is 6.14. The van der Waals surface area contributed by atoms with E-state index in [0.29, 0.717) is 5.65 Å². The molecule has 0 aliphatic carbocycles. The molecule has 1 aliphatic heterocycles. The molecule has 1 fully saturated rings. The lowest BCUT2D eigenvalue weighted by Gasteiger charge is -2.17. The SMILES string of the molecule is COc1ccc(-c2ncnc3c2ccn3C2OC(CO)[C@@H](O)[C@H]2O)cc1. The second kappa shape index (κ2) is 6.65. The van der Waals surface area contributed by atoms with Crippen LogP contribution >= 0.6 is 0 Å². The fourth-order valence-corrected chi connectivity index (χ4v) is 3.27. The molecule has 0 amide bonds. The first-order valence-corrected chi connectivity index (χ1v) is 8.22. The molecule has 1 saturated heterocycles. The van der Waals surface area contributed by atoms with Crippen molar-refractivity contribution in [1.82, 2.24) is 14.5 Å². The van der Waals surface area contributed by atoms with Crippen LogP contribution in [0.2, 0.25) is 0 Å². The smallest absolute Gasteiger partial charge is 0.164 e. The van der Waals surface area contributed by atoms with Gasteiger partial charge in [-0.2, -0.15) is 0 Å². The standard InChI is InChI=1S/C18H19N3O5/c1-25-11-4-2-10(3-5-11)14-12-6-7-21(17(12)20-9-19-14)18-16(24)15(23)13(8-22)26-18/h2-7,9,13,15-16,18,22-24H,8H2,1H3/t13?,15-,16-,18?/m1/s1. The molecule has 26 heavy (non-hydrogen) atoms. The number of rotatable bonds is 4. The minimum Gasteiger partial charge on any atom is -0.497 e. The number of benzene rings is 1. The molecule has 1 aliphatic rings. The quantitative estimate of drug-likeness (QED) is 0.631. The number of nitrogens with zero attached hydrogens (tertiary/aromatic N) is 3. The monoisotopic (exact) mass is 357 g/mol. The molecule has 0 saturated carbocycles. The summed E-state index contributed by atoms with van der Waals surface area (Å²) >= 11 is 0. The number of hydrogen-bond donors (Lipinski definition) is 3. The number of methoxy groups -OCH3 is 1. The van der Waals surface area contributed by atoms with Gasteiger partial charge in [0.1, 0.15) is 36.0 Å². The molecule has 8 heteroatoms. The van der Waals surface area contributed by atoms with Crippen molar-refractivity contribution in [2.75, 3.05) is 13.7 Å². The predicted molar refractivity (Wildman–Crippen MR) is 92.5 cm³/mol. The van der Waals surface area contributed by atoms with Crippen LogP contribution in [0.25, 0.3) is 22.3 Å². The third-order valence-corrected chi connectivity index (χ3v) is 4.66. The van der Waals surface area contributed by atoms with Gasteiger partial charge in [0.05, 0.1) is 19.4 Å². The minimum absolute atomic E-state index is 0.375. The first-order chi connectivity index (χ1) is 12.6. The summed E-state index contributed by atoms with van der Waals surface area (Å²) in [6, 6.07) is 9.36. The van der Waals surface area contributed by atoms with Crippen molar-refractivity contribution in [3.63, 3.8) is 0 Å². The molecule has 136 valence electrons. The molecule has 3 heterocycles. The highest BCUT2D eigenvalue weighted by Crippen LogP contribution is 2.34. The Bertz CT molecular complexity index is 911. The van der Waals surface area contributed by atoms with E-state index in [1.165, 1.54) is 6.33 Å². The molecule has 8 nitrogen and oxygen atoms in total. The predicted octanol–water partition coefficient (Wildman–Crippen LogP) is 0.718. The van der Waals surface area contributed by atoms with Gasteiger partial charge in [-0.15, -0.1) is 0 Å². The Hall–Kier alpha value is -2.52. The van der Waals surface area contributed by atoms with Crippen molar-refractivity contribution in [3.05, 3.63) is 42.9 Å². The van der Waals surface area contributed by atoms with Gasteiger partial charge < -0.3 is 29.4 Å². The number of aromatic nitrogens is 3. The summed E-state index contributed by atoms with van der Waals surface area (Å²) in [5, 5.41) is 30.3. The summed E-state index contributed by atoms with van der Waals surface area (Å²) in [6.45, 7) is -0.375. The fourth-order valence-electron chi connectivity index (χ4n) is 3.27. The van der Waals surface area contributed by atoms with E-state index in [1.54, 1.807) is 17.9 Å². The average molecular weight is 357 g/mol. The van der Waals surface area contributed by atoms with E-state index in [-0.39, 0.29) is 6.61 Å². The molecule has 3 N–H and O–H groups in total. The Morgan fingerprint density at radius 2 is 1.88 bits per heavy atom. The van der Waals surface area contributed by atoms with Crippen LogP contribution in [0.5, 0.6) is 5.75 Å². The summed E-state index contributed by atoms with van der Waals surface area (Å²) in [5.41, 5.74) is 2.21. The van der Waals surface area contributed by atoms with E-state index in [0.717, 1.165) is 22.4 Å². The third kappa shape index (κ3) is 2.63. The molecule has 4 atom stereocenters. The zero-order valence-corrected chi connectivity index (χ0v) is 14.1. The number of hydrogen-bond acceptors (Lipinski definition) is 7. The molecule has 0 spiro atoms. The lowest BCUT2D eigenvalue weighted by molar-refractivity contribution is -0.0508. The normalized spacial score (nSPS) is 25.7. The third-order valence-electron chi connectivity index (χ3n) is 4.66. The summed E-state index contributed by atoms with van der Waals surface area (Å²) in [5.74, 6) is 0.753. The first kappa shape index (κ1) is 16.9. The highest BCUT2D eigenvalue weighted by atomic mass is 16.6. The number of aliphatic hydroxyl groups excluding tert-OH is 3. The average Bonchev–Trinajstić information content (AvgIpc) is 3.23. The molecular formula is C18H19N3O5. The van der Waals surface area contributed by atoms with Gasteiger partial charge in [0.25, 0.3) is 0 Å². The van der Waals surface area contributed by atoms with Crippen molar-refractivity contribution in [3.8, 4) is 17.0 Å². The maximum Gasteiger partial charge on any atom is 0.164 e. The summed E-state index contributed by atoms with van der Waals surface area (Å²) in [7, 11) is 1.61. The van der Waals surface area contributed by atoms with Crippen molar-refractivity contribution < 1.29 is 24.8 Å². The molecule has 4 rings (SSSR count). The van der Waals surface area contributed by atoms with E-state index < -0.39 is 24.5 Å². The minimum atomic E-state index is -1.16. The van der Waals surface area contributed by atoms with Crippen LogP contribution in [0.3, 0.4) is 0 Å². The first-order valence-electron chi connectivity index (χ1n) is 8.22. The molecule has 3 aromatic rings. The zero-order valence-electron chi connectivity index (χ0n) is 14.1.